The summed E-state index contributed by atoms with van der Waals surface area (Å²) in [6.45, 7) is 3.89. The number of allylic oxidation sites excluding steroid dienone is 4. The van der Waals surface area contributed by atoms with E-state index in [0.29, 0.717) is 6.42 Å². The maximum atomic E-state index is 12.6. The summed E-state index contributed by atoms with van der Waals surface area (Å²) in [5.41, 5.74) is 0. The number of aliphatic hydroxyl groups excluding tert-OH is 2. The van der Waals surface area contributed by atoms with Crippen molar-refractivity contribution in [3.05, 3.63) is 24.3 Å². The Morgan fingerprint density at radius 2 is 0.905 bits per heavy atom. The Hall–Kier alpha value is -1.46. The molecule has 0 amide bonds. The zero-order chi connectivity index (χ0) is 30.9. The third-order valence-corrected chi connectivity index (χ3v) is 7.94. The van der Waals surface area contributed by atoms with Crippen molar-refractivity contribution in [3.8, 4) is 0 Å². The zero-order valence-corrected chi connectivity index (χ0v) is 27.7. The minimum absolute atomic E-state index is 0.243. The van der Waals surface area contributed by atoms with Gasteiger partial charge in [0.05, 0.1) is 6.61 Å². The maximum absolute atomic E-state index is 12.6. The van der Waals surface area contributed by atoms with Gasteiger partial charge in [-0.05, 0) is 64.2 Å². The van der Waals surface area contributed by atoms with Gasteiger partial charge in [0.2, 0.25) is 0 Å². The van der Waals surface area contributed by atoms with Gasteiger partial charge in [-0.1, -0.05) is 128 Å². The van der Waals surface area contributed by atoms with Crippen LogP contribution in [0, 0.1) is 0 Å². The monoisotopic (exact) mass is 593 g/mol. The lowest BCUT2D eigenvalue weighted by Gasteiger charge is -2.20. The van der Waals surface area contributed by atoms with E-state index in [1.54, 1.807) is 0 Å². The van der Waals surface area contributed by atoms with E-state index in [1.807, 2.05) is 0 Å². The summed E-state index contributed by atoms with van der Waals surface area (Å²) in [6.07, 6.45) is 35.1. The van der Waals surface area contributed by atoms with Gasteiger partial charge in [-0.15, -0.1) is 0 Å². The van der Waals surface area contributed by atoms with Gasteiger partial charge in [0, 0.05) is 12.8 Å². The van der Waals surface area contributed by atoms with Crippen LogP contribution in [0.1, 0.15) is 181 Å². The molecule has 0 saturated carbocycles. The van der Waals surface area contributed by atoms with Crippen molar-refractivity contribution >= 4 is 11.8 Å². The van der Waals surface area contributed by atoms with Gasteiger partial charge in [-0.2, -0.15) is 0 Å². The Morgan fingerprint density at radius 3 is 1.33 bits per heavy atom. The summed E-state index contributed by atoms with van der Waals surface area (Å²) in [5.74, 6) is -0.752. The van der Waals surface area contributed by atoms with E-state index in [9.17, 15) is 19.8 Å². The second-order valence-corrected chi connectivity index (χ2v) is 12.1. The zero-order valence-electron chi connectivity index (χ0n) is 27.7. The highest BCUT2D eigenvalue weighted by Crippen LogP contribution is 2.14. The third kappa shape index (κ3) is 27.4. The third-order valence-electron chi connectivity index (χ3n) is 7.94. The molecule has 0 rings (SSSR count). The Bertz CT molecular complexity index is 657. The lowest BCUT2D eigenvalue weighted by atomic mass is 10.0. The van der Waals surface area contributed by atoms with Crippen LogP contribution < -0.4 is 0 Å². The molecule has 2 N–H and O–H groups in total. The molecule has 0 saturated heterocycles. The standard InChI is InChI=1S/C37H68O5/c1-3-5-7-9-11-13-15-17-18-20-22-24-26-28-30-32-36(41)42-37(35(40)33-38)34(39)31-29-27-25-23-21-19-16-14-12-10-8-6-4-2/h14,16-18,35,37-38,40H,3-13,15,19-33H2,1-2H3/b16-14-,18-17-. The van der Waals surface area contributed by atoms with Gasteiger partial charge >= 0.3 is 5.97 Å². The van der Waals surface area contributed by atoms with E-state index in [-0.39, 0.29) is 18.6 Å². The summed E-state index contributed by atoms with van der Waals surface area (Å²) in [5, 5.41) is 19.4. The van der Waals surface area contributed by atoms with Gasteiger partial charge in [0.25, 0.3) is 0 Å². The Kier molecular flexibility index (Phi) is 31.3. The molecule has 0 aliphatic rings. The van der Waals surface area contributed by atoms with Crippen molar-refractivity contribution < 1.29 is 24.5 Å². The number of esters is 1. The fourth-order valence-electron chi connectivity index (χ4n) is 5.15. The number of ketones is 1. The summed E-state index contributed by atoms with van der Waals surface area (Å²) >= 11 is 0. The van der Waals surface area contributed by atoms with Gasteiger partial charge < -0.3 is 14.9 Å². The molecule has 5 heteroatoms. The van der Waals surface area contributed by atoms with E-state index < -0.39 is 24.8 Å². The second kappa shape index (κ2) is 32.5. The molecule has 0 radical (unpaired) electrons. The topological polar surface area (TPSA) is 83.8 Å². The number of unbranched alkanes of at least 4 members (excludes halogenated alkanes) is 20. The average molecular weight is 593 g/mol. The molecule has 0 aliphatic carbocycles. The van der Waals surface area contributed by atoms with Crippen molar-refractivity contribution in [2.75, 3.05) is 6.61 Å². The smallest absolute Gasteiger partial charge is 0.306 e. The molecular weight excluding hydrogens is 524 g/mol. The van der Waals surface area contributed by atoms with E-state index in [1.165, 1.54) is 89.9 Å². The predicted molar refractivity (Wildman–Crippen MR) is 178 cm³/mol. The summed E-state index contributed by atoms with van der Waals surface area (Å²) in [7, 11) is 0. The number of hydrogen-bond acceptors (Lipinski definition) is 5. The maximum Gasteiger partial charge on any atom is 0.306 e. The van der Waals surface area contributed by atoms with Crippen LogP contribution in [0.4, 0.5) is 0 Å². The molecule has 0 aliphatic heterocycles. The van der Waals surface area contributed by atoms with Crippen LogP contribution >= 0.6 is 0 Å². The first kappa shape index (κ1) is 40.5. The van der Waals surface area contributed by atoms with E-state index in [0.717, 1.165) is 57.8 Å². The molecule has 0 spiro atoms. The van der Waals surface area contributed by atoms with Crippen LogP contribution in [0.3, 0.4) is 0 Å². The molecule has 0 bridgehead atoms. The number of ether oxygens (including phenoxy) is 1. The van der Waals surface area contributed by atoms with Crippen molar-refractivity contribution in [1.82, 2.24) is 0 Å². The van der Waals surface area contributed by atoms with E-state index >= 15 is 0 Å². The van der Waals surface area contributed by atoms with Crippen LogP contribution in [0.15, 0.2) is 24.3 Å². The van der Waals surface area contributed by atoms with Crippen molar-refractivity contribution in [2.24, 2.45) is 0 Å². The molecule has 0 aromatic rings. The molecule has 2 atom stereocenters. The number of rotatable bonds is 32. The van der Waals surface area contributed by atoms with Crippen molar-refractivity contribution in [2.45, 2.75) is 193 Å². The highest BCUT2D eigenvalue weighted by Gasteiger charge is 2.29. The summed E-state index contributed by atoms with van der Waals surface area (Å²) in [4.78, 5) is 24.9. The quantitative estimate of drug-likeness (QED) is 0.0461. The number of carbonyl (C=O) groups is 2. The fraction of sp³-hybridized carbons (Fsp3) is 0.838. The first-order chi connectivity index (χ1) is 20.6. The van der Waals surface area contributed by atoms with E-state index in [4.69, 9.17) is 4.74 Å². The first-order valence-corrected chi connectivity index (χ1v) is 17.9. The van der Waals surface area contributed by atoms with Gasteiger partial charge in [0.1, 0.15) is 6.10 Å². The molecule has 0 fully saturated rings. The van der Waals surface area contributed by atoms with Crippen LogP contribution in [0.2, 0.25) is 0 Å². The Morgan fingerprint density at radius 1 is 0.548 bits per heavy atom. The summed E-state index contributed by atoms with van der Waals surface area (Å²) < 4.78 is 5.33. The van der Waals surface area contributed by atoms with Crippen LogP contribution in [0.5, 0.6) is 0 Å². The largest absolute Gasteiger partial charge is 0.451 e. The fourth-order valence-corrected chi connectivity index (χ4v) is 5.15. The molecule has 0 heterocycles. The number of hydrogen-bond donors (Lipinski definition) is 2. The lowest BCUT2D eigenvalue weighted by molar-refractivity contribution is -0.163. The second-order valence-electron chi connectivity index (χ2n) is 12.1. The molecule has 42 heavy (non-hydrogen) atoms. The number of aliphatic hydroxyl groups is 2. The highest BCUT2D eigenvalue weighted by molar-refractivity contribution is 5.86. The van der Waals surface area contributed by atoms with Crippen LogP contribution in [-0.2, 0) is 14.3 Å². The summed E-state index contributed by atoms with van der Waals surface area (Å²) in [6, 6.07) is 0. The molecule has 5 nitrogen and oxygen atoms in total. The molecule has 0 aromatic heterocycles. The predicted octanol–water partition coefficient (Wildman–Crippen LogP) is 10.1. The number of carbonyl (C=O) groups excluding carboxylic acids is 2. The first-order valence-electron chi connectivity index (χ1n) is 17.9. The number of Topliss-reactive ketones (excluding diaryl/α,β-unsaturated/α-hetero) is 1. The van der Waals surface area contributed by atoms with E-state index in [2.05, 4.69) is 38.2 Å². The van der Waals surface area contributed by atoms with Crippen molar-refractivity contribution in [1.29, 1.82) is 0 Å². The Labute approximate surface area is 260 Å². The lowest BCUT2D eigenvalue weighted by Crippen LogP contribution is -2.40. The Balaban J connectivity index is 3.87. The minimum Gasteiger partial charge on any atom is -0.451 e. The molecular formula is C37H68O5. The van der Waals surface area contributed by atoms with Crippen LogP contribution in [-0.4, -0.2) is 40.8 Å². The van der Waals surface area contributed by atoms with Gasteiger partial charge in [0.15, 0.2) is 11.9 Å². The average Bonchev–Trinajstić information content (AvgIpc) is 2.99. The molecule has 0 aromatic carbocycles. The SMILES string of the molecule is CCCCCC/C=C\CCCCCCCC(=O)C(OC(=O)CCCCCCC/C=C\CCCCCCCC)C(O)CO. The minimum atomic E-state index is -1.36. The van der Waals surface area contributed by atoms with Gasteiger partial charge in [-0.25, -0.2) is 0 Å². The van der Waals surface area contributed by atoms with Crippen LogP contribution in [0.25, 0.3) is 0 Å². The highest BCUT2D eigenvalue weighted by atomic mass is 16.6. The normalized spacial score (nSPS) is 13.2. The molecule has 2 unspecified atom stereocenters. The molecule has 246 valence electrons. The van der Waals surface area contributed by atoms with Gasteiger partial charge in [-0.3, -0.25) is 9.59 Å². The van der Waals surface area contributed by atoms with Crippen molar-refractivity contribution in [3.63, 3.8) is 0 Å².